The lowest BCUT2D eigenvalue weighted by atomic mass is 9.95. The van der Waals surface area contributed by atoms with Crippen LogP contribution in [0.4, 0.5) is 5.69 Å². The molecule has 6 nitrogen and oxygen atoms in total. The zero-order valence-corrected chi connectivity index (χ0v) is 13.7. The van der Waals surface area contributed by atoms with E-state index < -0.39 is 16.5 Å². The normalized spacial score (nSPS) is 16.1. The maximum atomic E-state index is 12.2. The first kappa shape index (κ1) is 17.4. The molecule has 1 aromatic carbocycles. The lowest BCUT2D eigenvalue weighted by molar-refractivity contribution is -0.384. The Kier molecular flexibility index (Phi) is 5.71. The number of carbonyl (C=O) groups is 1. The molecule has 0 atom stereocenters. The van der Waals surface area contributed by atoms with Crippen LogP contribution in [0.3, 0.4) is 0 Å². The summed E-state index contributed by atoms with van der Waals surface area (Å²) in [5.74, 6) is -0.463. The van der Waals surface area contributed by atoms with Crippen molar-refractivity contribution in [3.05, 3.63) is 39.9 Å². The van der Waals surface area contributed by atoms with Crippen molar-refractivity contribution in [3.63, 3.8) is 0 Å². The summed E-state index contributed by atoms with van der Waals surface area (Å²) in [6, 6.07) is 5.96. The number of nitro groups is 1. The van der Waals surface area contributed by atoms with Crippen LogP contribution in [0.15, 0.2) is 24.3 Å². The van der Waals surface area contributed by atoms with Gasteiger partial charge in [0.2, 0.25) is 0 Å². The fraction of sp³-hybridized carbons (Fsp3) is 0.588. The number of rotatable bonds is 6. The van der Waals surface area contributed by atoms with Crippen molar-refractivity contribution in [2.75, 3.05) is 6.54 Å². The Balaban J connectivity index is 1.87. The summed E-state index contributed by atoms with van der Waals surface area (Å²) in [5.41, 5.74) is -0.350. The van der Waals surface area contributed by atoms with Crippen molar-refractivity contribution in [2.45, 2.75) is 57.6 Å². The third-order valence-electron chi connectivity index (χ3n) is 4.10. The van der Waals surface area contributed by atoms with Gasteiger partial charge in [-0.1, -0.05) is 19.3 Å². The molecule has 0 bridgehead atoms. The Morgan fingerprint density at radius 3 is 2.43 bits per heavy atom. The zero-order chi connectivity index (χ0) is 16.9. The molecule has 0 aromatic heterocycles. The Morgan fingerprint density at radius 2 is 1.87 bits per heavy atom. The third kappa shape index (κ3) is 5.32. The van der Waals surface area contributed by atoms with Gasteiger partial charge in [-0.2, -0.15) is 0 Å². The van der Waals surface area contributed by atoms with Crippen LogP contribution in [0.2, 0.25) is 0 Å². The van der Waals surface area contributed by atoms with E-state index in [4.69, 9.17) is 4.74 Å². The SMILES string of the molecule is CC(C)(CNC1CCCCC1)OC(=O)c1ccc([N+](=O)[O-])cc1. The first-order valence-corrected chi connectivity index (χ1v) is 8.08. The van der Waals surface area contributed by atoms with Gasteiger partial charge < -0.3 is 10.1 Å². The number of non-ortho nitro benzene ring substituents is 1. The molecule has 1 fully saturated rings. The number of hydrogen-bond donors (Lipinski definition) is 1. The molecular formula is C17H24N2O4. The lowest BCUT2D eigenvalue weighted by Gasteiger charge is -2.30. The van der Waals surface area contributed by atoms with Gasteiger partial charge in [-0.25, -0.2) is 4.79 Å². The van der Waals surface area contributed by atoms with Crippen molar-refractivity contribution in [3.8, 4) is 0 Å². The molecule has 126 valence electrons. The largest absolute Gasteiger partial charge is 0.455 e. The van der Waals surface area contributed by atoms with Crippen LogP contribution in [0.5, 0.6) is 0 Å². The van der Waals surface area contributed by atoms with E-state index in [1.54, 1.807) is 0 Å². The minimum Gasteiger partial charge on any atom is -0.455 e. The molecule has 0 radical (unpaired) electrons. The fourth-order valence-electron chi connectivity index (χ4n) is 2.76. The van der Waals surface area contributed by atoms with E-state index in [2.05, 4.69) is 5.32 Å². The van der Waals surface area contributed by atoms with Crippen molar-refractivity contribution in [1.29, 1.82) is 0 Å². The molecule has 1 aliphatic rings. The number of nitrogens with zero attached hydrogens (tertiary/aromatic N) is 1. The Bertz CT molecular complexity index is 548. The van der Waals surface area contributed by atoms with Crippen LogP contribution in [-0.4, -0.2) is 29.1 Å². The number of ether oxygens (including phenoxy) is 1. The van der Waals surface area contributed by atoms with E-state index in [0.29, 0.717) is 18.2 Å². The smallest absolute Gasteiger partial charge is 0.338 e. The van der Waals surface area contributed by atoms with Gasteiger partial charge in [0, 0.05) is 24.7 Å². The monoisotopic (exact) mass is 320 g/mol. The molecule has 1 N–H and O–H groups in total. The highest BCUT2D eigenvalue weighted by Crippen LogP contribution is 2.20. The summed E-state index contributed by atoms with van der Waals surface area (Å²) in [6.07, 6.45) is 6.15. The summed E-state index contributed by atoms with van der Waals surface area (Å²) in [5, 5.41) is 14.1. The van der Waals surface area contributed by atoms with Crippen LogP contribution in [-0.2, 0) is 4.74 Å². The molecule has 6 heteroatoms. The summed E-state index contributed by atoms with van der Waals surface area (Å²) in [6.45, 7) is 4.33. The first-order valence-electron chi connectivity index (χ1n) is 8.08. The molecule has 0 unspecified atom stereocenters. The van der Waals surface area contributed by atoms with E-state index in [1.165, 1.54) is 56.4 Å². The van der Waals surface area contributed by atoms with Gasteiger partial charge in [0.25, 0.3) is 5.69 Å². The van der Waals surface area contributed by atoms with Crippen molar-refractivity contribution in [1.82, 2.24) is 5.32 Å². The average Bonchev–Trinajstić information content (AvgIpc) is 2.54. The summed E-state index contributed by atoms with van der Waals surface area (Å²) in [7, 11) is 0. The Morgan fingerprint density at radius 1 is 1.26 bits per heavy atom. The van der Waals surface area contributed by atoms with E-state index in [0.717, 1.165) is 0 Å². The molecule has 1 saturated carbocycles. The second-order valence-corrected chi connectivity index (χ2v) is 6.67. The van der Waals surface area contributed by atoms with Gasteiger partial charge in [0.1, 0.15) is 5.60 Å². The predicted octanol–water partition coefficient (Wildman–Crippen LogP) is 3.45. The standard InChI is InChI=1S/C17H24N2O4/c1-17(2,12-18-14-6-4-3-5-7-14)23-16(20)13-8-10-15(11-9-13)19(21)22/h8-11,14,18H,3-7,12H2,1-2H3. The molecule has 0 spiro atoms. The highest BCUT2D eigenvalue weighted by molar-refractivity contribution is 5.89. The van der Waals surface area contributed by atoms with Gasteiger partial charge in [0.05, 0.1) is 10.5 Å². The van der Waals surface area contributed by atoms with Gasteiger partial charge in [-0.3, -0.25) is 10.1 Å². The van der Waals surface area contributed by atoms with Gasteiger partial charge >= 0.3 is 5.97 Å². The Labute approximate surface area is 136 Å². The van der Waals surface area contributed by atoms with Crippen LogP contribution >= 0.6 is 0 Å². The third-order valence-corrected chi connectivity index (χ3v) is 4.10. The number of hydrogen-bond acceptors (Lipinski definition) is 5. The lowest BCUT2D eigenvalue weighted by Crippen LogP contribution is -2.44. The highest BCUT2D eigenvalue weighted by atomic mass is 16.6. The highest BCUT2D eigenvalue weighted by Gasteiger charge is 2.25. The van der Waals surface area contributed by atoms with Crippen molar-refractivity contribution >= 4 is 11.7 Å². The van der Waals surface area contributed by atoms with Gasteiger partial charge in [-0.15, -0.1) is 0 Å². The minimum absolute atomic E-state index is 0.0419. The molecule has 0 aliphatic heterocycles. The minimum atomic E-state index is -0.629. The van der Waals surface area contributed by atoms with Crippen molar-refractivity contribution in [2.24, 2.45) is 0 Å². The zero-order valence-electron chi connectivity index (χ0n) is 13.7. The second-order valence-electron chi connectivity index (χ2n) is 6.67. The van der Waals surface area contributed by atoms with E-state index in [1.807, 2.05) is 13.8 Å². The fourth-order valence-corrected chi connectivity index (χ4v) is 2.76. The maximum absolute atomic E-state index is 12.2. The predicted molar refractivity (Wildman–Crippen MR) is 87.5 cm³/mol. The molecular weight excluding hydrogens is 296 g/mol. The second kappa shape index (κ2) is 7.55. The molecule has 2 rings (SSSR count). The number of benzene rings is 1. The van der Waals surface area contributed by atoms with Crippen molar-refractivity contribution < 1.29 is 14.5 Å². The van der Waals surface area contributed by atoms with E-state index in [9.17, 15) is 14.9 Å². The number of nitro benzene ring substituents is 1. The van der Waals surface area contributed by atoms with Gasteiger partial charge in [-0.05, 0) is 38.8 Å². The maximum Gasteiger partial charge on any atom is 0.338 e. The average molecular weight is 320 g/mol. The van der Waals surface area contributed by atoms with E-state index >= 15 is 0 Å². The molecule has 23 heavy (non-hydrogen) atoms. The quantitative estimate of drug-likeness (QED) is 0.493. The Hall–Kier alpha value is -1.95. The van der Waals surface area contributed by atoms with Crippen LogP contribution in [0.25, 0.3) is 0 Å². The molecule has 0 saturated heterocycles. The van der Waals surface area contributed by atoms with Crippen LogP contribution < -0.4 is 5.32 Å². The number of nitrogens with one attached hydrogen (secondary N) is 1. The van der Waals surface area contributed by atoms with Crippen LogP contribution in [0.1, 0.15) is 56.3 Å². The molecule has 1 aliphatic carbocycles. The van der Waals surface area contributed by atoms with Crippen LogP contribution in [0, 0.1) is 10.1 Å². The summed E-state index contributed by atoms with van der Waals surface area (Å²) < 4.78 is 5.54. The molecule has 1 aromatic rings. The summed E-state index contributed by atoms with van der Waals surface area (Å²) in [4.78, 5) is 22.3. The number of carbonyl (C=O) groups excluding carboxylic acids is 1. The molecule has 0 amide bonds. The van der Waals surface area contributed by atoms with Gasteiger partial charge in [0.15, 0.2) is 0 Å². The molecule has 0 heterocycles. The first-order chi connectivity index (χ1) is 10.9. The summed E-state index contributed by atoms with van der Waals surface area (Å²) >= 11 is 0. The number of esters is 1. The topological polar surface area (TPSA) is 81.5 Å². The van der Waals surface area contributed by atoms with E-state index in [-0.39, 0.29) is 5.69 Å².